The molecule has 2 fully saturated rings. The van der Waals surface area contributed by atoms with Gasteiger partial charge >= 0.3 is 0 Å². The van der Waals surface area contributed by atoms with Crippen LogP contribution in [0.4, 0.5) is 0 Å². The lowest BCUT2D eigenvalue weighted by atomic mass is 10.0. The van der Waals surface area contributed by atoms with Crippen molar-refractivity contribution in [2.75, 3.05) is 19.6 Å². The molecule has 88 valence electrons. The minimum absolute atomic E-state index is 0.767. The zero-order valence-electron chi connectivity index (χ0n) is 10.5. The maximum atomic E-state index is 3.61. The summed E-state index contributed by atoms with van der Waals surface area (Å²) in [6.45, 7) is 11.0. The van der Waals surface area contributed by atoms with Gasteiger partial charge < -0.3 is 10.2 Å². The summed E-state index contributed by atoms with van der Waals surface area (Å²) in [5.41, 5.74) is 0. The molecule has 2 aliphatic rings. The smallest absolute Gasteiger partial charge is 0.00792 e. The highest BCUT2D eigenvalue weighted by Gasteiger charge is 2.29. The van der Waals surface area contributed by atoms with Crippen LogP contribution in [-0.4, -0.2) is 36.6 Å². The van der Waals surface area contributed by atoms with E-state index in [2.05, 4.69) is 31.0 Å². The van der Waals surface area contributed by atoms with Crippen molar-refractivity contribution >= 4 is 0 Å². The third kappa shape index (κ3) is 3.18. The predicted molar refractivity (Wildman–Crippen MR) is 65.0 cm³/mol. The summed E-state index contributed by atoms with van der Waals surface area (Å²) >= 11 is 0. The van der Waals surface area contributed by atoms with Crippen LogP contribution in [0, 0.1) is 11.8 Å². The van der Waals surface area contributed by atoms with Crippen molar-refractivity contribution in [2.24, 2.45) is 11.8 Å². The minimum Gasteiger partial charge on any atom is -0.314 e. The standard InChI is InChI=1S/C13H26N2/c1-10-8-15(9-11(10)2)12(3)6-7-14-13-4-5-13/h10-14H,4-9H2,1-3H3. The van der Waals surface area contributed by atoms with E-state index in [4.69, 9.17) is 0 Å². The van der Waals surface area contributed by atoms with E-state index in [-0.39, 0.29) is 0 Å². The van der Waals surface area contributed by atoms with E-state index in [1.54, 1.807) is 0 Å². The van der Waals surface area contributed by atoms with E-state index >= 15 is 0 Å². The van der Waals surface area contributed by atoms with Crippen molar-refractivity contribution in [3.63, 3.8) is 0 Å². The lowest BCUT2D eigenvalue weighted by molar-refractivity contribution is 0.235. The largest absolute Gasteiger partial charge is 0.314 e. The van der Waals surface area contributed by atoms with Crippen molar-refractivity contribution in [2.45, 2.75) is 52.1 Å². The lowest BCUT2D eigenvalue weighted by Crippen LogP contribution is -2.34. The van der Waals surface area contributed by atoms with Gasteiger partial charge in [0, 0.05) is 25.2 Å². The van der Waals surface area contributed by atoms with Crippen LogP contribution >= 0.6 is 0 Å². The number of nitrogens with zero attached hydrogens (tertiary/aromatic N) is 1. The molecular weight excluding hydrogens is 184 g/mol. The van der Waals surface area contributed by atoms with Gasteiger partial charge in [-0.05, 0) is 44.6 Å². The molecule has 3 atom stereocenters. The van der Waals surface area contributed by atoms with Gasteiger partial charge in [0.05, 0.1) is 0 Å². The highest BCUT2D eigenvalue weighted by molar-refractivity contribution is 4.84. The predicted octanol–water partition coefficient (Wildman–Crippen LogP) is 2.10. The van der Waals surface area contributed by atoms with Crippen LogP contribution < -0.4 is 5.32 Å². The van der Waals surface area contributed by atoms with E-state index in [1.165, 1.54) is 38.9 Å². The van der Waals surface area contributed by atoms with E-state index in [1.807, 2.05) is 0 Å². The van der Waals surface area contributed by atoms with Crippen molar-refractivity contribution < 1.29 is 0 Å². The van der Waals surface area contributed by atoms with Crippen molar-refractivity contribution in [3.05, 3.63) is 0 Å². The van der Waals surface area contributed by atoms with E-state index < -0.39 is 0 Å². The molecular formula is C13H26N2. The van der Waals surface area contributed by atoms with Gasteiger partial charge in [-0.15, -0.1) is 0 Å². The zero-order chi connectivity index (χ0) is 10.8. The fourth-order valence-corrected chi connectivity index (χ4v) is 2.50. The van der Waals surface area contributed by atoms with Crippen LogP contribution in [-0.2, 0) is 0 Å². The Balaban J connectivity index is 1.64. The third-order valence-corrected chi connectivity index (χ3v) is 4.21. The van der Waals surface area contributed by atoms with Gasteiger partial charge in [0.2, 0.25) is 0 Å². The Morgan fingerprint density at radius 3 is 2.33 bits per heavy atom. The Bertz CT molecular complexity index is 191. The molecule has 1 N–H and O–H groups in total. The van der Waals surface area contributed by atoms with E-state index in [0.717, 1.165) is 23.9 Å². The molecule has 0 amide bonds. The van der Waals surface area contributed by atoms with Gasteiger partial charge in [0.1, 0.15) is 0 Å². The van der Waals surface area contributed by atoms with Gasteiger partial charge in [-0.3, -0.25) is 0 Å². The molecule has 0 aromatic heterocycles. The Kier molecular flexibility index (Phi) is 3.68. The summed E-state index contributed by atoms with van der Waals surface area (Å²) in [6.07, 6.45) is 4.13. The van der Waals surface area contributed by atoms with Crippen molar-refractivity contribution in [3.8, 4) is 0 Å². The molecule has 0 bridgehead atoms. The Morgan fingerprint density at radius 2 is 1.80 bits per heavy atom. The lowest BCUT2D eigenvalue weighted by Gasteiger charge is -2.24. The molecule has 0 spiro atoms. The average Bonchev–Trinajstić information content (AvgIpc) is 2.94. The molecule has 1 saturated carbocycles. The molecule has 1 saturated heterocycles. The van der Waals surface area contributed by atoms with Crippen LogP contribution in [0.1, 0.15) is 40.0 Å². The fourth-order valence-electron chi connectivity index (χ4n) is 2.50. The second-order valence-corrected chi connectivity index (χ2v) is 5.77. The van der Waals surface area contributed by atoms with Crippen LogP contribution in [0.2, 0.25) is 0 Å². The summed E-state index contributed by atoms with van der Waals surface area (Å²) in [7, 11) is 0. The molecule has 1 aliphatic heterocycles. The molecule has 2 nitrogen and oxygen atoms in total. The van der Waals surface area contributed by atoms with Gasteiger partial charge in [0.15, 0.2) is 0 Å². The summed E-state index contributed by atoms with van der Waals surface area (Å²) in [5.74, 6) is 1.78. The fraction of sp³-hybridized carbons (Fsp3) is 1.00. The Hall–Kier alpha value is -0.0800. The SMILES string of the molecule is CC1CN(C(C)CCNC2CC2)CC1C. The molecule has 2 heteroatoms. The van der Waals surface area contributed by atoms with E-state index in [0.29, 0.717) is 0 Å². The first-order valence-corrected chi connectivity index (χ1v) is 6.64. The van der Waals surface area contributed by atoms with Crippen molar-refractivity contribution in [1.29, 1.82) is 0 Å². The first kappa shape index (κ1) is 11.4. The second-order valence-electron chi connectivity index (χ2n) is 5.77. The second kappa shape index (κ2) is 4.84. The summed E-state index contributed by atoms with van der Waals surface area (Å²) < 4.78 is 0. The minimum atomic E-state index is 0.767. The molecule has 3 unspecified atom stereocenters. The molecule has 1 heterocycles. The van der Waals surface area contributed by atoms with Crippen LogP contribution in [0.5, 0.6) is 0 Å². The first-order chi connectivity index (χ1) is 7.16. The van der Waals surface area contributed by atoms with E-state index in [9.17, 15) is 0 Å². The zero-order valence-corrected chi connectivity index (χ0v) is 10.5. The quantitative estimate of drug-likeness (QED) is 0.747. The topological polar surface area (TPSA) is 15.3 Å². The highest BCUT2D eigenvalue weighted by Crippen LogP contribution is 2.25. The maximum Gasteiger partial charge on any atom is 0.00792 e. The number of likely N-dealkylation sites (tertiary alicyclic amines) is 1. The maximum absolute atomic E-state index is 3.61. The third-order valence-electron chi connectivity index (χ3n) is 4.21. The van der Waals surface area contributed by atoms with Gasteiger partial charge in [-0.1, -0.05) is 13.8 Å². The molecule has 1 aliphatic carbocycles. The van der Waals surface area contributed by atoms with Crippen LogP contribution in [0.3, 0.4) is 0 Å². The number of nitrogens with one attached hydrogen (secondary N) is 1. The average molecular weight is 210 g/mol. The van der Waals surface area contributed by atoms with Crippen LogP contribution in [0.15, 0.2) is 0 Å². The monoisotopic (exact) mass is 210 g/mol. The first-order valence-electron chi connectivity index (χ1n) is 6.64. The molecule has 2 rings (SSSR count). The summed E-state index contributed by atoms with van der Waals surface area (Å²) in [6, 6.07) is 1.64. The number of hydrogen-bond donors (Lipinski definition) is 1. The molecule has 0 radical (unpaired) electrons. The summed E-state index contributed by atoms with van der Waals surface area (Å²) in [5, 5.41) is 3.61. The summed E-state index contributed by atoms with van der Waals surface area (Å²) in [4.78, 5) is 2.67. The normalized spacial score (nSPS) is 34.6. The Labute approximate surface area is 94.4 Å². The molecule has 0 aromatic carbocycles. The highest BCUT2D eigenvalue weighted by atomic mass is 15.2. The molecule has 0 aromatic rings. The number of hydrogen-bond acceptors (Lipinski definition) is 2. The van der Waals surface area contributed by atoms with Crippen LogP contribution in [0.25, 0.3) is 0 Å². The van der Waals surface area contributed by atoms with Gasteiger partial charge in [-0.2, -0.15) is 0 Å². The molecule has 15 heavy (non-hydrogen) atoms. The van der Waals surface area contributed by atoms with Gasteiger partial charge in [-0.25, -0.2) is 0 Å². The number of rotatable bonds is 5. The van der Waals surface area contributed by atoms with Gasteiger partial charge in [0.25, 0.3) is 0 Å². The Morgan fingerprint density at radius 1 is 1.20 bits per heavy atom. The van der Waals surface area contributed by atoms with Crippen molar-refractivity contribution in [1.82, 2.24) is 10.2 Å².